The summed E-state index contributed by atoms with van der Waals surface area (Å²) < 4.78 is 0. The Morgan fingerprint density at radius 3 is 1.23 bits per heavy atom. The zero-order valence-electron chi connectivity index (χ0n) is 14.4. The van der Waals surface area contributed by atoms with Crippen molar-refractivity contribution in [1.29, 1.82) is 0 Å². The van der Waals surface area contributed by atoms with Crippen LogP contribution in [0.1, 0.15) is 0 Å². The number of hydrogen-bond acceptors (Lipinski definition) is 6. The number of piperazine rings is 3. The average Bonchev–Trinajstić information content (AvgIpc) is 2.53. The first-order chi connectivity index (χ1) is 10.7. The molecule has 0 spiro atoms. The summed E-state index contributed by atoms with van der Waals surface area (Å²) in [6, 6.07) is 0. The minimum absolute atomic E-state index is 0.143. The molecular formula is C15H33N6P. The maximum Gasteiger partial charge on any atom is 0.0448 e. The van der Waals surface area contributed by atoms with E-state index in [9.17, 15) is 0 Å². The lowest BCUT2D eigenvalue weighted by Gasteiger charge is -2.52. The lowest BCUT2D eigenvalue weighted by molar-refractivity contribution is 0.213. The smallest absolute Gasteiger partial charge is 0.0448 e. The normalized spacial score (nSPS) is 38.0. The Bertz CT molecular complexity index is 305. The van der Waals surface area contributed by atoms with E-state index in [0.717, 1.165) is 39.3 Å². The maximum absolute atomic E-state index is 3.65. The van der Waals surface area contributed by atoms with E-state index in [1.54, 1.807) is 0 Å². The van der Waals surface area contributed by atoms with Gasteiger partial charge >= 0.3 is 0 Å². The van der Waals surface area contributed by atoms with Crippen LogP contribution in [0.15, 0.2) is 0 Å². The number of nitrogens with zero attached hydrogens (tertiary/aromatic N) is 3. The second-order valence-corrected chi connectivity index (χ2v) is 9.63. The molecule has 3 atom stereocenters. The van der Waals surface area contributed by atoms with Gasteiger partial charge in [-0.25, -0.2) is 0 Å². The Labute approximate surface area is 136 Å². The molecule has 7 heteroatoms. The molecule has 3 aliphatic heterocycles. The van der Waals surface area contributed by atoms with E-state index >= 15 is 0 Å². The molecule has 0 amide bonds. The van der Waals surface area contributed by atoms with Crippen molar-refractivity contribution in [3.8, 4) is 0 Å². The Morgan fingerprint density at radius 2 is 0.955 bits per heavy atom. The molecule has 3 N–H and O–H groups in total. The molecule has 128 valence electrons. The van der Waals surface area contributed by atoms with Crippen molar-refractivity contribution >= 4 is 7.92 Å². The van der Waals surface area contributed by atoms with Crippen molar-refractivity contribution in [2.45, 2.75) is 17.3 Å². The van der Waals surface area contributed by atoms with Gasteiger partial charge in [0.25, 0.3) is 0 Å². The molecule has 0 aromatic rings. The Morgan fingerprint density at radius 1 is 0.636 bits per heavy atom. The Hall–Kier alpha value is 0.190. The number of nitrogens with one attached hydrogen (secondary N) is 3. The Balaban J connectivity index is 1.83. The molecule has 0 aromatic heterocycles. The SMILES string of the molecule is CN1CCNCC1P(C1CNCCN1C)C1CNCCN1C. The maximum atomic E-state index is 3.65. The van der Waals surface area contributed by atoms with Gasteiger partial charge in [0.05, 0.1) is 0 Å². The molecule has 6 nitrogen and oxygen atoms in total. The van der Waals surface area contributed by atoms with E-state index < -0.39 is 0 Å². The van der Waals surface area contributed by atoms with E-state index in [1.165, 1.54) is 19.6 Å². The lowest BCUT2D eigenvalue weighted by Crippen LogP contribution is -2.59. The van der Waals surface area contributed by atoms with Gasteiger partial charge in [-0.3, -0.25) is 14.7 Å². The molecule has 3 fully saturated rings. The second kappa shape index (κ2) is 7.84. The van der Waals surface area contributed by atoms with Crippen molar-refractivity contribution < 1.29 is 0 Å². The third kappa shape index (κ3) is 3.64. The average molecular weight is 328 g/mol. The lowest BCUT2D eigenvalue weighted by atomic mass is 10.4. The van der Waals surface area contributed by atoms with Crippen LogP contribution in [0.3, 0.4) is 0 Å². The van der Waals surface area contributed by atoms with Crippen molar-refractivity contribution in [3.05, 3.63) is 0 Å². The predicted molar refractivity (Wildman–Crippen MR) is 94.8 cm³/mol. The van der Waals surface area contributed by atoms with Crippen LogP contribution >= 0.6 is 7.92 Å². The third-order valence-electron chi connectivity index (χ3n) is 5.46. The van der Waals surface area contributed by atoms with E-state index in [-0.39, 0.29) is 7.92 Å². The number of rotatable bonds is 3. The van der Waals surface area contributed by atoms with Crippen molar-refractivity contribution in [3.63, 3.8) is 0 Å². The van der Waals surface area contributed by atoms with Gasteiger partial charge in [0.2, 0.25) is 0 Å². The van der Waals surface area contributed by atoms with Crippen LogP contribution in [0.4, 0.5) is 0 Å². The highest BCUT2D eigenvalue weighted by Crippen LogP contribution is 2.54. The van der Waals surface area contributed by atoms with Crippen LogP contribution in [0.5, 0.6) is 0 Å². The standard InChI is InChI=1S/C15H33N6P/c1-19-7-4-16-10-13(19)22(14-11-17-5-8-20(14)2)15-12-18-6-9-21(15)3/h13-18H,4-12H2,1-3H3. The minimum Gasteiger partial charge on any atom is -0.314 e. The Kier molecular flexibility index (Phi) is 6.07. The fraction of sp³-hybridized carbons (Fsp3) is 1.00. The molecular weight excluding hydrogens is 295 g/mol. The molecule has 3 saturated heterocycles. The van der Waals surface area contributed by atoms with Crippen LogP contribution < -0.4 is 16.0 Å². The molecule has 0 aromatic carbocycles. The summed E-state index contributed by atoms with van der Waals surface area (Å²) in [7, 11) is 6.84. The number of hydrogen-bond donors (Lipinski definition) is 3. The van der Waals surface area contributed by atoms with E-state index in [4.69, 9.17) is 0 Å². The van der Waals surface area contributed by atoms with Gasteiger partial charge < -0.3 is 16.0 Å². The van der Waals surface area contributed by atoms with Crippen LogP contribution in [0.25, 0.3) is 0 Å². The highest BCUT2D eigenvalue weighted by Gasteiger charge is 2.42. The molecule has 0 radical (unpaired) electrons. The van der Waals surface area contributed by atoms with Crippen molar-refractivity contribution in [2.24, 2.45) is 0 Å². The monoisotopic (exact) mass is 328 g/mol. The summed E-state index contributed by atoms with van der Waals surface area (Å²) in [6.45, 7) is 10.4. The summed E-state index contributed by atoms with van der Waals surface area (Å²) in [5.41, 5.74) is 0. The summed E-state index contributed by atoms with van der Waals surface area (Å²) >= 11 is 0. The highest BCUT2D eigenvalue weighted by atomic mass is 31.1. The molecule has 3 aliphatic rings. The fourth-order valence-corrected chi connectivity index (χ4v) is 7.89. The van der Waals surface area contributed by atoms with Gasteiger partial charge in [0.15, 0.2) is 0 Å². The zero-order valence-corrected chi connectivity index (χ0v) is 15.3. The first-order valence-electron chi connectivity index (χ1n) is 8.69. The van der Waals surface area contributed by atoms with Crippen LogP contribution in [-0.4, -0.2) is 112 Å². The van der Waals surface area contributed by atoms with Crippen LogP contribution in [0.2, 0.25) is 0 Å². The molecule has 0 bridgehead atoms. The molecule has 0 saturated carbocycles. The second-order valence-electron chi connectivity index (χ2n) is 6.94. The molecule has 22 heavy (non-hydrogen) atoms. The van der Waals surface area contributed by atoms with Gasteiger partial charge in [-0.2, -0.15) is 0 Å². The zero-order chi connectivity index (χ0) is 15.5. The van der Waals surface area contributed by atoms with Crippen LogP contribution in [-0.2, 0) is 0 Å². The fourth-order valence-electron chi connectivity index (χ4n) is 3.97. The first-order valence-corrected chi connectivity index (χ1v) is 10.2. The van der Waals surface area contributed by atoms with Gasteiger partial charge in [0.1, 0.15) is 0 Å². The molecule has 3 unspecified atom stereocenters. The van der Waals surface area contributed by atoms with Gasteiger partial charge in [-0.05, 0) is 29.1 Å². The van der Waals surface area contributed by atoms with Gasteiger partial charge in [0, 0.05) is 76.3 Å². The molecule has 0 aliphatic carbocycles. The van der Waals surface area contributed by atoms with E-state index in [1.807, 2.05) is 0 Å². The van der Waals surface area contributed by atoms with Gasteiger partial charge in [-0.1, -0.05) is 0 Å². The molecule has 3 heterocycles. The van der Waals surface area contributed by atoms with E-state index in [2.05, 4.69) is 51.8 Å². The van der Waals surface area contributed by atoms with Crippen LogP contribution in [0, 0.1) is 0 Å². The van der Waals surface area contributed by atoms with E-state index in [0.29, 0.717) is 17.3 Å². The molecule has 3 rings (SSSR count). The predicted octanol–water partition coefficient (Wildman–Crippen LogP) is -0.948. The summed E-state index contributed by atoms with van der Waals surface area (Å²) in [5, 5.41) is 11.0. The summed E-state index contributed by atoms with van der Waals surface area (Å²) in [4.78, 5) is 7.85. The topological polar surface area (TPSA) is 45.8 Å². The minimum atomic E-state index is -0.143. The first kappa shape index (κ1) is 17.0. The largest absolute Gasteiger partial charge is 0.314 e. The summed E-state index contributed by atoms with van der Waals surface area (Å²) in [5.74, 6) is 2.05. The van der Waals surface area contributed by atoms with Crippen molar-refractivity contribution in [1.82, 2.24) is 30.7 Å². The highest BCUT2D eigenvalue weighted by molar-refractivity contribution is 7.59. The van der Waals surface area contributed by atoms with Crippen molar-refractivity contribution in [2.75, 3.05) is 80.0 Å². The number of likely N-dealkylation sites (N-methyl/N-ethyl adjacent to an activating group) is 3. The third-order valence-corrected chi connectivity index (χ3v) is 9.26. The van der Waals surface area contributed by atoms with Gasteiger partial charge in [-0.15, -0.1) is 0 Å². The summed E-state index contributed by atoms with van der Waals surface area (Å²) in [6.07, 6.45) is 0. The quantitative estimate of drug-likeness (QED) is 0.581.